The Balaban J connectivity index is 1.56. The second-order valence-electron chi connectivity index (χ2n) is 9.20. The van der Waals surface area contributed by atoms with Crippen molar-refractivity contribution >= 4 is 39.5 Å². The number of benzene rings is 2. The van der Waals surface area contributed by atoms with E-state index < -0.39 is 34.0 Å². The molecule has 0 radical (unpaired) electrons. The number of nitrogens with zero attached hydrogens (tertiary/aromatic N) is 2. The summed E-state index contributed by atoms with van der Waals surface area (Å²) in [6, 6.07) is 12.2. The van der Waals surface area contributed by atoms with Gasteiger partial charge in [-0.05, 0) is 55.5 Å². The van der Waals surface area contributed by atoms with Crippen molar-refractivity contribution in [3.63, 3.8) is 0 Å². The summed E-state index contributed by atoms with van der Waals surface area (Å²) in [7, 11) is -3.90. The molecule has 13 heteroatoms. The number of carboxylic acid groups (broad SMARTS) is 1. The number of carbonyl (C=O) groups is 3. The predicted molar refractivity (Wildman–Crippen MR) is 146 cm³/mol. The zero-order valence-corrected chi connectivity index (χ0v) is 22.3. The van der Waals surface area contributed by atoms with E-state index in [4.69, 9.17) is 11.5 Å². The average molecular weight is 559 g/mol. The first-order valence-electron chi connectivity index (χ1n) is 12.6. The lowest BCUT2D eigenvalue weighted by molar-refractivity contribution is -0.142. The molecule has 0 aliphatic carbocycles. The molecule has 2 aromatic rings. The summed E-state index contributed by atoms with van der Waals surface area (Å²) in [5.41, 5.74) is 11.7. The highest BCUT2D eigenvalue weighted by Gasteiger charge is 2.40. The number of aliphatic carboxylic acids is 1. The number of aliphatic imine (C=N–C) groups is 1. The van der Waals surface area contributed by atoms with Crippen LogP contribution in [0.15, 0.2) is 64.5 Å². The van der Waals surface area contributed by atoms with Gasteiger partial charge >= 0.3 is 5.97 Å². The summed E-state index contributed by atoms with van der Waals surface area (Å²) < 4.78 is 27.3. The first-order chi connectivity index (χ1) is 18.6. The van der Waals surface area contributed by atoms with Gasteiger partial charge in [-0.15, -0.1) is 0 Å². The van der Waals surface area contributed by atoms with E-state index in [9.17, 15) is 27.9 Å². The van der Waals surface area contributed by atoms with Crippen LogP contribution in [0.5, 0.6) is 0 Å². The molecular formula is C26H34N6O6S. The van der Waals surface area contributed by atoms with Crippen LogP contribution in [0, 0.1) is 0 Å². The van der Waals surface area contributed by atoms with E-state index >= 15 is 0 Å². The van der Waals surface area contributed by atoms with Crippen LogP contribution in [0.3, 0.4) is 0 Å². The molecule has 1 aliphatic rings. The zero-order valence-electron chi connectivity index (χ0n) is 21.5. The van der Waals surface area contributed by atoms with Crippen molar-refractivity contribution in [2.75, 3.05) is 18.4 Å². The van der Waals surface area contributed by atoms with E-state index in [-0.39, 0.29) is 29.7 Å². The van der Waals surface area contributed by atoms with E-state index in [2.05, 4.69) is 15.6 Å². The maximum absolute atomic E-state index is 13.1. The standard InChI is InChI=1S/C26H34N6O6S/c27-26(28)29-15-5-4-10-23(33)30-19-13-11-18(12-14-19)17-21(25(35)36)31-24(34)22-9-6-16-32(22)39(37,38)20-7-2-1-3-8-20/h1-3,7-8,11-14,21-22H,4-6,9-10,15-17H2,(H,30,33)(H,31,34)(H,35,36)(H4,27,28,29). The van der Waals surface area contributed by atoms with Crippen LogP contribution in [-0.4, -0.2) is 66.7 Å². The van der Waals surface area contributed by atoms with Crippen LogP contribution >= 0.6 is 0 Å². The summed E-state index contributed by atoms with van der Waals surface area (Å²) in [6.07, 6.45) is 2.36. The first kappa shape index (κ1) is 29.6. The Morgan fingerprint density at radius 3 is 2.38 bits per heavy atom. The fraction of sp³-hybridized carbons (Fsp3) is 0.385. The predicted octanol–water partition coefficient (Wildman–Crippen LogP) is 1.03. The van der Waals surface area contributed by atoms with Crippen molar-refractivity contribution in [3.8, 4) is 0 Å². The van der Waals surface area contributed by atoms with Crippen LogP contribution in [0.25, 0.3) is 0 Å². The summed E-state index contributed by atoms with van der Waals surface area (Å²) in [6.45, 7) is 0.629. The highest BCUT2D eigenvalue weighted by Crippen LogP contribution is 2.26. The molecule has 12 nitrogen and oxygen atoms in total. The molecule has 1 heterocycles. The summed E-state index contributed by atoms with van der Waals surface area (Å²) in [5, 5.41) is 15.0. The third kappa shape index (κ3) is 8.52. The number of hydrogen-bond donors (Lipinski definition) is 5. The number of amides is 2. The number of anilines is 1. The van der Waals surface area contributed by atoms with Crippen molar-refractivity contribution in [1.29, 1.82) is 0 Å². The molecule has 210 valence electrons. The van der Waals surface area contributed by atoms with Crippen LogP contribution in [0.4, 0.5) is 5.69 Å². The van der Waals surface area contributed by atoms with E-state index in [0.717, 1.165) is 4.31 Å². The number of hydrogen-bond acceptors (Lipinski definition) is 6. The quantitative estimate of drug-likeness (QED) is 0.136. The Bertz CT molecular complexity index is 1280. The highest BCUT2D eigenvalue weighted by atomic mass is 32.2. The minimum absolute atomic E-state index is 0.0146. The van der Waals surface area contributed by atoms with Crippen molar-refractivity contribution in [3.05, 3.63) is 60.2 Å². The van der Waals surface area contributed by atoms with Crippen molar-refractivity contribution in [2.45, 2.75) is 55.5 Å². The van der Waals surface area contributed by atoms with E-state index in [1.807, 2.05) is 0 Å². The molecule has 0 saturated carbocycles. The molecule has 7 N–H and O–H groups in total. The lowest BCUT2D eigenvalue weighted by Gasteiger charge is -2.25. The summed E-state index contributed by atoms with van der Waals surface area (Å²) in [5.74, 6) is -2.05. The molecular weight excluding hydrogens is 524 g/mol. The molecule has 2 amide bonds. The van der Waals surface area contributed by atoms with Gasteiger partial charge in [-0.3, -0.25) is 14.6 Å². The molecule has 0 bridgehead atoms. The van der Waals surface area contributed by atoms with E-state index in [1.54, 1.807) is 42.5 Å². The topological polar surface area (TPSA) is 197 Å². The van der Waals surface area contributed by atoms with Crippen molar-refractivity contribution < 1.29 is 27.9 Å². The maximum atomic E-state index is 13.1. The van der Waals surface area contributed by atoms with Gasteiger partial charge in [0.05, 0.1) is 4.90 Å². The van der Waals surface area contributed by atoms with Crippen molar-refractivity contribution in [1.82, 2.24) is 9.62 Å². The number of nitrogens with one attached hydrogen (secondary N) is 2. The van der Waals surface area contributed by atoms with Gasteiger partial charge in [0.1, 0.15) is 12.1 Å². The van der Waals surface area contributed by atoms with Gasteiger partial charge in [0.2, 0.25) is 21.8 Å². The van der Waals surface area contributed by atoms with E-state index in [0.29, 0.717) is 49.9 Å². The fourth-order valence-electron chi connectivity index (χ4n) is 4.27. The molecule has 0 aromatic heterocycles. The third-order valence-corrected chi connectivity index (χ3v) is 8.18. The van der Waals surface area contributed by atoms with Gasteiger partial charge in [-0.25, -0.2) is 13.2 Å². The van der Waals surface area contributed by atoms with Gasteiger partial charge in [0.25, 0.3) is 0 Å². The van der Waals surface area contributed by atoms with Crippen LogP contribution in [0.1, 0.15) is 37.7 Å². The molecule has 2 unspecified atom stereocenters. The Morgan fingerprint density at radius 2 is 1.74 bits per heavy atom. The number of carboxylic acids is 1. The summed E-state index contributed by atoms with van der Waals surface area (Å²) >= 11 is 0. The van der Waals surface area contributed by atoms with Crippen molar-refractivity contribution in [2.24, 2.45) is 16.5 Å². The molecule has 2 aromatic carbocycles. The number of rotatable bonds is 13. The van der Waals surface area contributed by atoms with Gasteiger partial charge < -0.3 is 27.2 Å². The first-order valence-corrected chi connectivity index (χ1v) is 14.1. The molecule has 2 atom stereocenters. The maximum Gasteiger partial charge on any atom is 0.326 e. The van der Waals surface area contributed by atoms with Crippen LogP contribution < -0.4 is 22.1 Å². The molecule has 3 rings (SSSR count). The second kappa shape index (κ2) is 13.7. The smallest absolute Gasteiger partial charge is 0.326 e. The average Bonchev–Trinajstić information content (AvgIpc) is 3.41. The SMILES string of the molecule is NC(N)=NCCCCC(=O)Nc1ccc(CC(NC(=O)C2CCCN2S(=O)(=O)c2ccccc2)C(=O)O)cc1. The monoisotopic (exact) mass is 558 g/mol. The lowest BCUT2D eigenvalue weighted by Crippen LogP contribution is -2.51. The number of sulfonamides is 1. The number of nitrogens with two attached hydrogens (primary N) is 2. The zero-order chi connectivity index (χ0) is 28.4. The van der Waals surface area contributed by atoms with Crippen LogP contribution in [-0.2, 0) is 30.8 Å². The Hall–Kier alpha value is -3.97. The molecule has 1 aliphatic heterocycles. The number of guanidine groups is 1. The highest BCUT2D eigenvalue weighted by molar-refractivity contribution is 7.89. The Morgan fingerprint density at radius 1 is 1.05 bits per heavy atom. The fourth-order valence-corrected chi connectivity index (χ4v) is 5.95. The second-order valence-corrected chi connectivity index (χ2v) is 11.1. The van der Waals surface area contributed by atoms with Gasteiger partial charge in [0.15, 0.2) is 5.96 Å². The van der Waals surface area contributed by atoms with Gasteiger partial charge in [-0.1, -0.05) is 30.3 Å². The third-order valence-electron chi connectivity index (χ3n) is 6.25. The minimum Gasteiger partial charge on any atom is -0.480 e. The number of carbonyl (C=O) groups excluding carboxylic acids is 2. The largest absolute Gasteiger partial charge is 0.480 e. The van der Waals surface area contributed by atoms with Gasteiger partial charge in [-0.2, -0.15) is 4.31 Å². The Kier molecular flexibility index (Phi) is 10.4. The molecule has 39 heavy (non-hydrogen) atoms. The number of unbranched alkanes of at least 4 members (excludes halogenated alkanes) is 1. The molecule has 1 fully saturated rings. The summed E-state index contributed by atoms with van der Waals surface area (Å²) in [4.78, 5) is 41.0. The normalized spacial score (nSPS) is 16.3. The minimum atomic E-state index is -3.90. The Labute approximate surface area is 227 Å². The molecule has 0 spiro atoms. The lowest BCUT2D eigenvalue weighted by atomic mass is 10.0. The van der Waals surface area contributed by atoms with Gasteiger partial charge in [0, 0.05) is 31.6 Å². The van der Waals surface area contributed by atoms with E-state index in [1.165, 1.54) is 12.1 Å². The van der Waals surface area contributed by atoms with Crippen LogP contribution in [0.2, 0.25) is 0 Å². The molecule has 1 saturated heterocycles.